The fourth-order valence-corrected chi connectivity index (χ4v) is 3.34. The Morgan fingerprint density at radius 1 is 1.35 bits per heavy atom. The maximum Gasteiger partial charge on any atom is 0.321 e. The lowest BCUT2D eigenvalue weighted by molar-refractivity contribution is -0.388. The van der Waals surface area contributed by atoms with Gasteiger partial charge in [0.15, 0.2) is 4.90 Å². The Kier molecular flexibility index (Phi) is 4.46. The van der Waals surface area contributed by atoms with Crippen LogP contribution >= 0.6 is 0 Å². The topological polar surface area (TPSA) is 127 Å². The number of nitro benzene ring substituents is 1. The standard InChI is InChI=1S/C11H14N2O6S/c1-6-4-5-7(2)10(9(6)13(16)17)20(18,19)12-8(3)11(14)15/h4-5,8,12H,1-3H3,(H,14,15)/t8-/m1/s1. The van der Waals surface area contributed by atoms with Gasteiger partial charge in [0, 0.05) is 5.56 Å². The lowest BCUT2D eigenvalue weighted by atomic mass is 10.1. The number of aryl methyl sites for hydroxylation is 2. The van der Waals surface area contributed by atoms with Gasteiger partial charge in [0.25, 0.3) is 5.69 Å². The number of nitrogens with one attached hydrogen (secondary N) is 1. The Balaban J connectivity index is 3.49. The number of benzene rings is 1. The predicted octanol–water partition coefficient (Wildman–Crippen LogP) is 0.963. The van der Waals surface area contributed by atoms with Gasteiger partial charge in [-0.25, -0.2) is 8.42 Å². The van der Waals surface area contributed by atoms with Crippen LogP contribution in [0.1, 0.15) is 18.1 Å². The predicted molar refractivity (Wildman–Crippen MR) is 70.0 cm³/mol. The van der Waals surface area contributed by atoms with E-state index < -0.39 is 37.5 Å². The van der Waals surface area contributed by atoms with Crippen molar-refractivity contribution >= 4 is 21.7 Å². The van der Waals surface area contributed by atoms with Crippen LogP contribution in [0.4, 0.5) is 5.69 Å². The van der Waals surface area contributed by atoms with Crippen molar-refractivity contribution in [3.63, 3.8) is 0 Å². The summed E-state index contributed by atoms with van der Waals surface area (Å²) in [5.74, 6) is -1.37. The molecule has 0 saturated carbocycles. The number of hydrogen-bond acceptors (Lipinski definition) is 5. The van der Waals surface area contributed by atoms with Crippen molar-refractivity contribution in [3.05, 3.63) is 33.4 Å². The van der Waals surface area contributed by atoms with Gasteiger partial charge >= 0.3 is 5.97 Å². The number of nitro groups is 1. The summed E-state index contributed by atoms with van der Waals surface area (Å²) < 4.78 is 26.2. The molecule has 8 nitrogen and oxygen atoms in total. The fourth-order valence-electron chi connectivity index (χ4n) is 1.68. The van der Waals surface area contributed by atoms with Crippen LogP contribution < -0.4 is 4.72 Å². The monoisotopic (exact) mass is 302 g/mol. The second-order valence-electron chi connectivity index (χ2n) is 4.32. The molecule has 0 bridgehead atoms. The van der Waals surface area contributed by atoms with Crippen molar-refractivity contribution in [1.29, 1.82) is 0 Å². The number of hydrogen-bond donors (Lipinski definition) is 2. The second-order valence-corrected chi connectivity index (χ2v) is 5.97. The lowest BCUT2D eigenvalue weighted by Gasteiger charge is -2.13. The van der Waals surface area contributed by atoms with E-state index in [-0.39, 0.29) is 11.1 Å². The normalized spacial score (nSPS) is 12.9. The molecule has 0 radical (unpaired) electrons. The minimum atomic E-state index is -4.31. The highest BCUT2D eigenvalue weighted by atomic mass is 32.2. The Bertz CT molecular complexity index is 668. The van der Waals surface area contributed by atoms with Crippen LogP contribution in [0.15, 0.2) is 17.0 Å². The van der Waals surface area contributed by atoms with E-state index in [1.165, 1.54) is 26.0 Å². The summed E-state index contributed by atoms with van der Waals surface area (Å²) in [6.45, 7) is 3.96. The Morgan fingerprint density at radius 2 is 1.85 bits per heavy atom. The fraction of sp³-hybridized carbons (Fsp3) is 0.364. The minimum absolute atomic E-state index is 0.174. The third-order valence-corrected chi connectivity index (χ3v) is 4.40. The molecule has 0 aliphatic rings. The van der Waals surface area contributed by atoms with Gasteiger partial charge in [0.05, 0.1) is 4.92 Å². The van der Waals surface area contributed by atoms with E-state index in [1.54, 1.807) is 0 Å². The van der Waals surface area contributed by atoms with E-state index in [2.05, 4.69) is 0 Å². The molecular weight excluding hydrogens is 288 g/mol. The van der Waals surface area contributed by atoms with Crippen LogP contribution in [0.5, 0.6) is 0 Å². The van der Waals surface area contributed by atoms with E-state index in [0.29, 0.717) is 0 Å². The second kappa shape index (κ2) is 5.55. The van der Waals surface area contributed by atoms with Crippen molar-refractivity contribution < 1.29 is 23.2 Å². The van der Waals surface area contributed by atoms with Gasteiger partial charge in [0.1, 0.15) is 6.04 Å². The molecule has 0 aliphatic carbocycles. The van der Waals surface area contributed by atoms with Gasteiger partial charge < -0.3 is 5.11 Å². The molecule has 110 valence electrons. The molecule has 0 spiro atoms. The number of carboxylic acid groups (broad SMARTS) is 1. The third kappa shape index (κ3) is 3.11. The van der Waals surface area contributed by atoms with E-state index in [1.807, 2.05) is 4.72 Å². The maximum absolute atomic E-state index is 12.2. The molecule has 0 amide bonds. The number of rotatable bonds is 5. The Hall–Kier alpha value is -2.00. The summed E-state index contributed by atoms with van der Waals surface area (Å²) in [5.41, 5.74) is -0.188. The van der Waals surface area contributed by atoms with E-state index in [4.69, 9.17) is 5.11 Å². The molecule has 1 aromatic carbocycles. The van der Waals surface area contributed by atoms with Gasteiger partial charge in [-0.1, -0.05) is 12.1 Å². The van der Waals surface area contributed by atoms with Gasteiger partial charge in [-0.2, -0.15) is 4.72 Å². The first-order valence-corrected chi connectivity index (χ1v) is 7.06. The van der Waals surface area contributed by atoms with E-state index >= 15 is 0 Å². The highest BCUT2D eigenvalue weighted by Gasteiger charge is 2.32. The quantitative estimate of drug-likeness (QED) is 0.616. The van der Waals surface area contributed by atoms with Crippen LogP contribution in [0.2, 0.25) is 0 Å². The van der Waals surface area contributed by atoms with E-state index in [0.717, 1.165) is 6.92 Å². The average Bonchev–Trinajstić information content (AvgIpc) is 2.30. The smallest absolute Gasteiger partial charge is 0.321 e. The molecule has 1 aromatic rings. The molecule has 1 rings (SSSR count). The highest BCUT2D eigenvalue weighted by Crippen LogP contribution is 2.30. The largest absolute Gasteiger partial charge is 0.480 e. The van der Waals surface area contributed by atoms with Gasteiger partial charge in [0.2, 0.25) is 10.0 Å². The van der Waals surface area contributed by atoms with E-state index in [9.17, 15) is 23.3 Å². The zero-order valence-electron chi connectivity index (χ0n) is 11.1. The van der Waals surface area contributed by atoms with Gasteiger partial charge in [-0.05, 0) is 26.3 Å². The van der Waals surface area contributed by atoms with Crippen LogP contribution in [-0.4, -0.2) is 30.5 Å². The molecule has 0 unspecified atom stereocenters. The van der Waals surface area contributed by atoms with Crippen LogP contribution in [0.3, 0.4) is 0 Å². The van der Waals surface area contributed by atoms with Gasteiger partial charge in [-0.15, -0.1) is 0 Å². The molecule has 0 aliphatic heterocycles. The minimum Gasteiger partial charge on any atom is -0.480 e. The summed E-state index contributed by atoms with van der Waals surface area (Å²) >= 11 is 0. The molecule has 0 aromatic heterocycles. The number of nitrogens with zero attached hydrogens (tertiary/aromatic N) is 1. The zero-order valence-corrected chi connectivity index (χ0v) is 11.9. The van der Waals surface area contributed by atoms with Gasteiger partial charge in [-0.3, -0.25) is 14.9 Å². The summed E-state index contributed by atoms with van der Waals surface area (Å²) in [6.07, 6.45) is 0. The average molecular weight is 302 g/mol. The van der Waals surface area contributed by atoms with Crippen molar-refractivity contribution in [2.24, 2.45) is 0 Å². The molecule has 0 saturated heterocycles. The molecule has 1 atom stereocenters. The first kappa shape index (κ1) is 16.1. The molecule has 20 heavy (non-hydrogen) atoms. The number of carbonyl (C=O) groups is 1. The lowest BCUT2D eigenvalue weighted by Crippen LogP contribution is -2.38. The molecule has 9 heteroatoms. The van der Waals surface area contributed by atoms with Crippen LogP contribution in [0.25, 0.3) is 0 Å². The Morgan fingerprint density at radius 3 is 2.30 bits per heavy atom. The zero-order chi connectivity index (χ0) is 15.7. The number of sulfonamides is 1. The summed E-state index contributed by atoms with van der Waals surface area (Å²) in [5, 5.41) is 19.8. The summed E-state index contributed by atoms with van der Waals surface area (Å²) in [6, 6.07) is 1.48. The molecule has 0 fully saturated rings. The Labute approximate surface area is 115 Å². The molecule has 0 heterocycles. The molecule has 2 N–H and O–H groups in total. The number of aliphatic carboxylic acids is 1. The summed E-state index contributed by atoms with van der Waals surface area (Å²) in [4.78, 5) is 20.5. The summed E-state index contributed by atoms with van der Waals surface area (Å²) in [7, 11) is -4.31. The number of carboxylic acids is 1. The van der Waals surface area contributed by atoms with Crippen molar-refractivity contribution in [1.82, 2.24) is 4.72 Å². The first-order valence-electron chi connectivity index (χ1n) is 5.57. The van der Waals surface area contributed by atoms with Crippen LogP contribution in [-0.2, 0) is 14.8 Å². The SMILES string of the molecule is Cc1ccc(C)c(S(=O)(=O)N[C@H](C)C(=O)O)c1[N+](=O)[O-]. The van der Waals surface area contributed by atoms with Crippen molar-refractivity contribution in [2.75, 3.05) is 0 Å². The van der Waals surface area contributed by atoms with Crippen molar-refractivity contribution in [3.8, 4) is 0 Å². The van der Waals surface area contributed by atoms with Crippen LogP contribution in [0, 0.1) is 24.0 Å². The van der Waals surface area contributed by atoms with Crippen molar-refractivity contribution in [2.45, 2.75) is 31.7 Å². The maximum atomic E-state index is 12.2. The molecular formula is C11H14N2O6S. The highest BCUT2D eigenvalue weighted by molar-refractivity contribution is 7.89. The first-order chi connectivity index (χ1) is 9.08. The third-order valence-electron chi connectivity index (χ3n) is 2.68.